The van der Waals surface area contributed by atoms with Gasteiger partial charge in [-0.2, -0.15) is 13.2 Å². The van der Waals surface area contributed by atoms with Crippen LogP contribution >= 0.6 is 0 Å². The Morgan fingerprint density at radius 1 is 1.08 bits per heavy atom. The molecule has 1 amide bonds. The van der Waals surface area contributed by atoms with E-state index >= 15 is 0 Å². The minimum Gasteiger partial charge on any atom is -0.376 e. The van der Waals surface area contributed by atoms with Gasteiger partial charge in [0.05, 0.1) is 12.1 Å². The van der Waals surface area contributed by atoms with E-state index in [1.54, 1.807) is 11.1 Å². The van der Waals surface area contributed by atoms with E-state index in [-0.39, 0.29) is 18.1 Å². The fourth-order valence-corrected chi connectivity index (χ4v) is 2.82. The van der Waals surface area contributed by atoms with Crippen LogP contribution in [0.1, 0.15) is 5.56 Å². The number of aromatic nitrogens is 1. The van der Waals surface area contributed by atoms with E-state index in [1.807, 2.05) is 18.2 Å². The number of rotatable bonds is 4. The van der Waals surface area contributed by atoms with Crippen molar-refractivity contribution < 1.29 is 18.0 Å². The fourth-order valence-electron chi connectivity index (χ4n) is 2.82. The Kier molecular flexibility index (Phi) is 5.29. The maximum Gasteiger partial charge on any atom is 0.416 e. The minimum absolute atomic E-state index is 0.0368. The van der Waals surface area contributed by atoms with Gasteiger partial charge in [-0.15, -0.1) is 0 Å². The van der Waals surface area contributed by atoms with E-state index < -0.39 is 11.7 Å². The molecule has 8 heteroatoms. The van der Waals surface area contributed by atoms with Crippen molar-refractivity contribution in [2.45, 2.75) is 6.18 Å². The standard InChI is InChI=1S/C18H19F3N4O/c19-18(20,21)14-4-3-5-15(12-14)23-13-17(26)25-10-8-24(9-11-25)16-6-1-2-7-22-16/h1-7,12,23H,8-11,13H2. The maximum atomic E-state index is 12.7. The zero-order chi connectivity index (χ0) is 18.6. The average molecular weight is 364 g/mol. The largest absolute Gasteiger partial charge is 0.416 e. The molecule has 1 aromatic carbocycles. The lowest BCUT2D eigenvalue weighted by Gasteiger charge is -2.35. The number of piperazine rings is 1. The molecule has 5 nitrogen and oxygen atoms in total. The molecule has 1 aromatic heterocycles. The van der Waals surface area contributed by atoms with Gasteiger partial charge in [0.25, 0.3) is 0 Å². The number of hydrogen-bond acceptors (Lipinski definition) is 4. The van der Waals surface area contributed by atoms with Gasteiger partial charge in [-0.05, 0) is 30.3 Å². The first-order valence-corrected chi connectivity index (χ1v) is 8.28. The van der Waals surface area contributed by atoms with Crippen molar-refractivity contribution in [3.8, 4) is 0 Å². The second-order valence-corrected chi connectivity index (χ2v) is 5.99. The number of nitrogens with one attached hydrogen (secondary N) is 1. The molecule has 0 atom stereocenters. The number of anilines is 2. The number of hydrogen-bond donors (Lipinski definition) is 1. The Hall–Kier alpha value is -2.77. The summed E-state index contributed by atoms with van der Waals surface area (Å²) in [6.45, 7) is 2.42. The lowest BCUT2D eigenvalue weighted by Crippen LogP contribution is -2.50. The van der Waals surface area contributed by atoms with Crippen LogP contribution in [0.4, 0.5) is 24.7 Å². The van der Waals surface area contributed by atoms with Crippen LogP contribution in [0.15, 0.2) is 48.7 Å². The zero-order valence-corrected chi connectivity index (χ0v) is 14.0. The summed E-state index contributed by atoms with van der Waals surface area (Å²) < 4.78 is 38.2. The number of benzene rings is 1. The summed E-state index contributed by atoms with van der Waals surface area (Å²) >= 11 is 0. The van der Waals surface area contributed by atoms with Gasteiger partial charge >= 0.3 is 6.18 Å². The summed E-state index contributed by atoms with van der Waals surface area (Å²) in [7, 11) is 0. The molecule has 0 radical (unpaired) electrons. The van der Waals surface area contributed by atoms with Gasteiger partial charge in [0.15, 0.2) is 0 Å². The summed E-state index contributed by atoms with van der Waals surface area (Å²) in [5.41, 5.74) is -0.459. The first kappa shape index (κ1) is 18.0. The Balaban J connectivity index is 1.51. The molecule has 0 spiro atoms. The number of alkyl halides is 3. The first-order valence-electron chi connectivity index (χ1n) is 8.28. The lowest BCUT2D eigenvalue weighted by molar-refractivity contribution is -0.137. The third-order valence-electron chi connectivity index (χ3n) is 4.24. The van der Waals surface area contributed by atoms with E-state index in [0.29, 0.717) is 26.2 Å². The van der Waals surface area contributed by atoms with Crippen molar-refractivity contribution >= 4 is 17.4 Å². The molecule has 0 unspecified atom stereocenters. The molecule has 0 aliphatic carbocycles. The quantitative estimate of drug-likeness (QED) is 0.906. The van der Waals surface area contributed by atoms with Crippen molar-refractivity contribution in [2.24, 2.45) is 0 Å². The number of amides is 1. The van der Waals surface area contributed by atoms with Crippen LogP contribution in [0.2, 0.25) is 0 Å². The molecule has 1 fully saturated rings. The van der Waals surface area contributed by atoms with E-state index in [9.17, 15) is 18.0 Å². The molecule has 0 bridgehead atoms. The molecular formula is C18H19F3N4O. The summed E-state index contributed by atoms with van der Waals surface area (Å²) in [6.07, 6.45) is -2.67. The third kappa shape index (κ3) is 4.44. The molecule has 1 saturated heterocycles. The molecule has 26 heavy (non-hydrogen) atoms. The van der Waals surface area contributed by atoms with Crippen molar-refractivity contribution in [2.75, 3.05) is 42.9 Å². The smallest absolute Gasteiger partial charge is 0.376 e. The molecule has 2 aromatic rings. The first-order chi connectivity index (χ1) is 12.4. The van der Waals surface area contributed by atoms with Crippen LogP contribution in [0.3, 0.4) is 0 Å². The predicted molar refractivity (Wildman–Crippen MR) is 93.0 cm³/mol. The van der Waals surface area contributed by atoms with E-state index in [2.05, 4.69) is 15.2 Å². The van der Waals surface area contributed by atoms with Crippen LogP contribution in [-0.2, 0) is 11.0 Å². The lowest BCUT2D eigenvalue weighted by atomic mass is 10.2. The Labute approximate surface area is 149 Å². The SMILES string of the molecule is O=C(CNc1cccc(C(F)(F)F)c1)N1CCN(c2ccccn2)CC1. The number of halogens is 3. The molecule has 2 heterocycles. The monoisotopic (exact) mass is 364 g/mol. The number of carbonyl (C=O) groups is 1. The van der Waals surface area contributed by atoms with Gasteiger partial charge in [0.1, 0.15) is 5.82 Å². The number of pyridine rings is 1. The van der Waals surface area contributed by atoms with Gasteiger partial charge in [-0.1, -0.05) is 12.1 Å². The highest BCUT2D eigenvalue weighted by atomic mass is 19.4. The summed E-state index contributed by atoms with van der Waals surface area (Å²) in [5.74, 6) is 0.741. The third-order valence-corrected chi connectivity index (χ3v) is 4.24. The van der Waals surface area contributed by atoms with Crippen molar-refractivity contribution in [3.05, 3.63) is 54.2 Å². The zero-order valence-electron chi connectivity index (χ0n) is 14.0. The second-order valence-electron chi connectivity index (χ2n) is 5.99. The van der Waals surface area contributed by atoms with Crippen LogP contribution in [0.25, 0.3) is 0 Å². The van der Waals surface area contributed by atoms with Crippen LogP contribution in [0.5, 0.6) is 0 Å². The van der Waals surface area contributed by atoms with Gasteiger partial charge in [-0.3, -0.25) is 4.79 Å². The number of nitrogens with zero attached hydrogens (tertiary/aromatic N) is 3. The highest BCUT2D eigenvalue weighted by molar-refractivity contribution is 5.81. The van der Waals surface area contributed by atoms with Gasteiger partial charge < -0.3 is 15.1 Å². The highest BCUT2D eigenvalue weighted by Crippen LogP contribution is 2.30. The molecular weight excluding hydrogens is 345 g/mol. The van der Waals surface area contributed by atoms with Gasteiger partial charge in [0.2, 0.25) is 5.91 Å². The molecule has 138 valence electrons. The van der Waals surface area contributed by atoms with E-state index in [0.717, 1.165) is 18.0 Å². The van der Waals surface area contributed by atoms with Crippen molar-refractivity contribution in [1.82, 2.24) is 9.88 Å². The van der Waals surface area contributed by atoms with Crippen LogP contribution in [0, 0.1) is 0 Å². The van der Waals surface area contributed by atoms with Crippen LogP contribution in [-0.4, -0.2) is 48.5 Å². The number of carbonyl (C=O) groups excluding carboxylic acids is 1. The normalized spacial score (nSPS) is 15.0. The summed E-state index contributed by atoms with van der Waals surface area (Å²) in [5, 5.41) is 2.78. The Morgan fingerprint density at radius 2 is 1.85 bits per heavy atom. The molecule has 1 N–H and O–H groups in total. The summed E-state index contributed by atoms with van der Waals surface area (Å²) in [4.78, 5) is 20.4. The molecule has 3 rings (SSSR count). The van der Waals surface area contributed by atoms with E-state index in [1.165, 1.54) is 12.1 Å². The average Bonchev–Trinajstić information content (AvgIpc) is 2.66. The summed E-state index contributed by atoms with van der Waals surface area (Å²) in [6, 6.07) is 10.5. The predicted octanol–water partition coefficient (Wildman–Crippen LogP) is 2.86. The molecule has 1 aliphatic rings. The van der Waals surface area contributed by atoms with Crippen LogP contribution < -0.4 is 10.2 Å². The van der Waals surface area contributed by atoms with Gasteiger partial charge in [-0.25, -0.2) is 4.98 Å². The Morgan fingerprint density at radius 3 is 2.50 bits per heavy atom. The molecule has 0 saturated carbocycles. The second kappa shape index (κ2) is 7.63. The van der Waals surface area contributed by atoms with E-state index in [4.69, 9.17) is 0 Å². The Bertz CT molecular complexity index is 744. The topological polar surface area (TPSA) is 48.5 Å². The maximum absolute atomic E-state index is 12.7. The molecule has 1 aliphatic heterocycles. The highest BCUT2D eigenvalue weighted by Gasteiger charge is 2.30. The van der Waals surface area contributed by atoms with Crippen molar-refractivity contribution in [3.63, 3.8) is 0 Å². The minimum atomic E-state index is -4.40. The van der Waals surface area contributed by atoms with Crippen molar-refractivity contribution in [1.29, 1.82) is 0 Å². The fraction of sp³-hybridized carbons (Fsp3) is 0.333. The van der Waals surface area contributed by atoms with Gasteiger partial charge in [0, 0.05) is 38.1 Å².